The van der Waals surface area contributed by atoms with Crippen LogP contribution in [0.4, 0.5) is 11.6 Å². The Balaban J connectivity index is 1.44. The van der Waals surface area contributed by atoms with Gasteiger partial charge >= 0.3 is 0 Å². The maximum atomic E-state index is 12.7. The predicted octanol–water partition coefficient (Wildman–Crippen LogP) is 2.84. The molecule has 1 atom stereocenters. The molecule has 4 heterocycles. The van der Waals surface area contributed by atoms with Crippen molar-refractivity contribution in [3.05, 3.63) is 29.7 Å². The van der Waals surface area contributed by atoms with Crippen molar-refractivity contribution in [3.63, 3.8) is 0 Å². The van der Waals surface area contributed by atoms with Crippen LogP contribution in [0.2, 0.25) is 5.02 Å². The van der Waals surface area contributed by atoms with Crippen LogP contribution in [0.5, 0.6) is 0 Å². The van der Waals surface area contributed by atoms with Gasteiger partial charge in [0.2, 0.25) is 12.3 Å². The van der Waals surface area contributed by atoms with Crippen molar-refractivity contribution >= 4 is 35.6 Å². The summed E-state index contributed by atoms with van der Waals surface area (Å²) in [6.45, 7) is 3.52. The first kappa shape index (κ1) is 22.4. The molecule has 10 heteroatoms. The third kappa shape index (κ3) is 5.72. The number of pyridine rings is 1. The SMILES string of the molecule is O=CN1CCCC(C(=O)Nc2cc(-c3cncc(NCC4CCOCC4)n3)c(Cl)cn2)C1. The van der Waals surface area contributed by atoms with E-state index in [4.69, 9.17) is 16.3 Å². The maximum Gasteiger partial charge on any atom is 0.230 e. The van der Waals surface area contributed by atoms with E-state index in [2.05, 4.69) is 25.6 Å². The normalized spacial score (nSPS) is 19.4. The number of nitrogens with zero attached hydrogens (tertiary/aromatic N) is 4. The summed E-state index contributed by atoms with van der Waals surface area (Å²) in [5.74, 6) is 1.20. The predicted molar refractivity (Wildman–Crippen MR) is 121 cm³/mol. The van der Waals surface area contributed by atoms with Gasteiger partial charge in [0.15, 0.2) is 0 Å². The van der Waals surface area contributed by atoms with Crippen molar-refractivity contribution < 1.29 is 14.3 Å². The van der Waals surface area contributed by atoms with Crippen molar-refractivity contribution in [1.29, 1.82) is 0 Å². The second-order valence-electron chi connectivity index (χ2n) is 8.20. The van der Waals surface area contributed by atoms with Crippen LogP contribution in [-0.2, 0) is 14.3 Å². The highest BCUT2D eigenvalue weighted by Gasteiger charge is 2.25. The van der Waals surface area contributed by atoms with E-state index in [1.54, 1.807) is 23.4 Å². The number of halogens is 1. The van der Waals surface area contributed by atoms with E-state index >= 15 is 0 Å². The number of amides is 2. The molecule has 2 aromatic rings. The van der Waals surface area contributed by atoms with E-state index in [1.165, 1.54) is 6.20 Å². The summed E-state index contributed by atoms with van der Waals surface area (Å²) in [4.78, 5) is 38.5. The van der Waals surface area contributed by atoms with Crippen molar-refractivity contribution in [1.82, 2.24) is 19.9 Å². The third-order valence-electron chi connectivity index (χ3n) is 5.90. The van der Waals surface area contributed by atoms with Crippen LogP contribution in [-0.4, -0.2) is 65.0 Å². The van der Waals surface area contributed by atoms with Crippen LogP contribution >= 0.6 is 11.6 Å². The average molecular weight is 459 g/mol. The number of hydrogen-bond acceptors (Lipinski definition) is 7. The highest BCUT2D eigenvalue weighted by molar-refractivity contribution is 6.33. The summed E-state index contributed by atoms with van der Waals surface area (Å²) in [6, 6.07) is 1.70. The second-order valence-corrected chi connectivity index (χ2v) is 8.61. The molecule has 2 N–H and O–H groups in total. The molecule has 2 aromatic heterocycles. The standard InChI is InChI=1S/C22H27ClN6O3/c23-18-10-26-20(28-22(31)16-2-1-5-29(13-16)14-30)8-17(18)19-11-24-12-21(27-19)25-9-15-3-6-32-7-4-15/h8,10-12,14-16H,1-7,9,13H2,(H,25,27)(H,26,28,31). The molecule has 1 unspecified atom stereocenters. The van der Waals surface area contributed by atoms with Gasteiger partial charge in [-0.25, -0.2) is 9.97 Å². The van der Waals surface area contributed by atoms with Gasteiger partial charge in [0.25, 0.3) is 0 Å². The molecule has 0 saturated carbocycles. The van der Waals surface area contributed by atoms with E-state index in [1.807, 2.05) is 0 Å². The van der Waals surface area contributed by atoms with Crippen molar-refractivity contribution in [2.24, 2.45) is 11.8 Å². The first-order valence-corrected chi connectivity index (χ1v) is 11.3. The lowest BCUT2D eigenvalue weighted by atomic mass is 9.97. The Labute approximate surface area is 191 Å². The fraction of sp³-hybridized carbons (Fsp3) is 0.500. The van der Waals surface area contributed by atoms with Gasteiger partial charge in [0.05, 0.1) is 29.0 Å². The molecule has 0 aromatic carbocycles. The molecule has 0 bridgehead atoms. The Hall–Kier alpha value is -2.78. The fourth-order valence-corrected chi connectivity index (χ4v) is 4.23. The van der Waals surface area contributed by atoms with Crippen molar-refractivity contribution in [2.75, 3.05) is 43.5 Å². The average Bonchev–Trinajstić information content (AvgIpc) is 2.84. The van der Waals surface area contributed by atoms with Crippen LogP contribution in [0, 0.1) is 11.8 Å². The third-order valence-corrected chi connectivity index (χ3v) is 6.20. The Kier molecular flexibility index (Phi) is 7.49. The number of ether oxygens (including phenoxy) is 1. The van der Waals surface area contributed by atoms with Crippen LogP contribution in [0.25, 0.3) is 11.3 Å². The van der Waals surface area contributed by atoms with E-state index in [9.17, 15) is 9.59 Å². The monoisotopic (exact) mass is 458 g/mol. The summed E-state index contributed by atoms with van der Waals surface area (Å²) in [5, 5.41) is 6.62. The molecular formula is C22H27ClN6O3. The molecular weight excluding hydrogens is 432 g/mol. The molecule has 9 nitrogen and oxygen atoms in total. The van der Waals surface area contributed by atoms with E-state index in [0.29, 0.717) is 46.9 Å². The molecule has 2 saturated heterocycles. The number of aromatic nitrogens is 3. The molecule has 2 aliphatic heterocycles. The lowest BCUT2D eigenvalue weighted by molar-refractivity contribution is -0.125. The second kappa shape index (κ2) is 10.7. The largest absolute Gasteiger partial charge is 0.381 e. The van der Waals surface area contributed by atoms with Gasteiger partial charge < -0.3 is 20.3 Å². The molecule has 0 aliphatic carbocycles. The summed E-state index contributed by atoms with van der Waals surface area (Å²) < 4.78 is 5.41. The number of piperidine rings is 1. The Morgan fingerprint density at radius 1 is 1.22 bits per heavy atom. The molecule has 2 fully saturated rings. The molecule has 2 aliphatic rings. The van der Waals surface area contributed by atoms with Crippen LogP contribution < -0.4 is 10.6 Å². The molecule has 2 amide bonds. The van der Waals surface area contributed by atoms with Gasteiger partial charge in [0, 0.05) is 44.6 Å². The highest BCUT2D eigenvalue weighted by atomic mass is 35.5. The lowest BCUT2D eigenvalue weighted by Crippen LogP contribution is -2.40. The Morgan fingerprint density at radius 3 is 2.88 bits per heavy atom. The summed E-state index contributed by atoms with van der Waals surface area (Å²) in [5.41, 5.74) is 1.23. The van der Waals surface area contributed by atoms with E-state index in [-0.39, 0.29) is 11.8 Å². The van der Waals surface area contributed by atoms with Crippen LogP contribution in [0.3, 0.4) is 0 Å². The number of likely N-dealkylation sites (tertiary alicyclic amines) is 1. The van der Waals surface area contributed by atoms with Gasteiger partial charge in [-0.15, -0.1) is 0 Å². The van der Waals surface area contributed by atoms with E-state index < -0.39 is 0 Å². The fourth-order valence-electron chi connectivity index (χ4n) is 4.03. The first-order chi connectivity index (χ1) is 15.6. The molecule has 0 spiro atoms. The number of hydrogen-bond donors (Lipinski definition) is 2. The Morgan fingerprint density at radius 2 is 2.06 bits per heavy atom. The molecule has 32 heavy (non-hydrogen) atoms. The number of carbonyl (C=O) groups excluding carboxylic acids is 2. The quantitative estimate of drug-likeness (QED) is 0.614. The van der Waals surface area contributed by atoms with Crippen LogP contribution in [0.15, 0.2) is 24.7 Å². The summed E-state index contributed by atoms with van der Waals surface area (Å²) >= 11 is 6.38. The van der Waals surface area contributed by atoms with Gasteiger partial charge in [-0.1, -0.05) is 11.6 Å². The van der Waals surface area contributed by atoms with Gasteiger partial charge in [-0.2, -0.15) is 0 Å². The zero-order valence-electron chi connectivity index (χ0n) is 17.8. The smallest absolute Gasteiger partial charge is 0.230 e. The van der Waals surface area contributed by atoms with Gasteiger partial charge in [0.1, 0.15) is 11.6 Å². The zero-order valence-corrected chi connectivity index (χ0v) is 18.6. The molecule has 170 valence electrons. The minimum atomic E-state index is -0.257. The molecule has 4 rings (SSSR count). The van der Waals surface area contributed by atoms with Crippen molar-refractivity contribution in [3.8, 4) is 11.3 Å². The summed E-state index contributed by atoms with van der Waals surface area (Å²) in [6.07, 6.45) is 9.21. The van der Waals surface area contributed by atoms with Gasteiger partial charge in [-0.3, -0.25) is 14.6 Å². The first-order valence-electron chi connectivity index (χ1n) is 10.9. The zero-order chi connectivity index (χ0) is 22.3. The highest BCUT2D eigenvalue weighted by Crippen LogP contribution is 2.29. The minimum absolute atomic E-state index is 0.157. The van der Waals surface area contributed by atoms with Gasteiger partial charge in [-0.05, 0) is 37.7 Å². The van der Waals surface area contributed by atoms with Crippen LogP contribution in [0.1, 0.15) is 25.7 Å². The molecule has 0 radical (unpaired) electrons. The lowest BCUT2D eigenvalue weighted by Gasteiger charge is -2.28. The van der Waals surface area contributed by atoms with E-state index in [0.717, 1.165) is 51.9 Å². The number of carbonyl (C=O) groups is 2. The number of nitrogens with one attached hydrogen (secondary N) is 2. The maximum absolute atomic E-state index is 12.7. The number of rotatable bonds is 7. The minimum Gasteiger partial charge on any atom is -0.381 e. The topological polar surface area (TPSA) is 109 Å². The number of anilines is 2. The Bertz CT molecular complexity index is 953. The summed E-state index contributed by atoms with van der Waals surface area (Å²) in [7, 11) is 0. The van der Waals surface area contributed by atoms with Crippen molar-refractivity contribution in [2.45, 2.75) is 25.7 Å².